The molecule has 0 radical (unpaired) electrons. The zero-order valence-electron chi connectivity index (χ0n) is 25.5. The molecule has 1 atom stereocenters. The molecule has 4 rings (SSSR count). The lowest BCUT2D eigenvalue weighted by Gasteiger charge is -2.52. The van der Waals surface area contributed by atoms with E-state index < -0.39 is 21.6 Å². The molecule has 0 unspecified atom stereocenters. The molecule has 1 aromatic rings. The number of likely N-dealkylation sites (tertiary alicyclic amines) is 1. The van der Waals surface area contributed by atoms with Gasteiger partial charge in [-0.25, -0.2) is 12.7 Å². The van der Waals surface area contributed by atoms with Crippen LogP contribution in [0.1, 0.15) is 88.7 Å². The monoisotopic (exact) mass is 636 g/mol. The molecule has 236 valence electrons. The molecule has 13 heteroatoms. The summed E-state index contributed by atoms with van der Waals surface area (Å²) in [5.74, 6) is 0.437. The van der Waals surface area contributed by atoms with Crippen molar-refractivity contribution >= 4 is 46.7 Å². The average Bonchev–Trinajstić information content (AvgIpc) is 3.16. The van der Waals surface area contributed by atoms with E-state index in [9.17, 15) is 18.0 Å². The third-order valence-corrected chi connectivity index (χ3v) is 10.3. The number of halogens is 2. The number of rotatable bonds is 9. The normalized spacial score (nSPS) is 22.5. The number of sulfonamides is 1. The lowest BCUT2D eigenvalue weighted by Crippen LogP contribution is -2.73. The fourth-order valence-electron chi connectivity index (χ4n) is 6.65. The molecule has 3 aliphatic heterocycles. The van der Waals surface area contributed by atoms with E-state index in [1.54, 1.807) is 4.31 Å². The van der Waals surface area contributed by atoms with E-state index in [-0.39, 0.29) is 42.7 Å². The number of aryl methyl sites for hydroxylation is 1. The minimum atomic E-state index is -3.16. The highest BCUT2D eigenvalue weighted by atomic mass is 35.5. The SMILES string of the molecule is CCCCN1C(=O)[C@H](CC(C)C)NC(=O)C12CCN(Cc1c(C)nn(C3CCN(S(C)(=O)=O)CC3)c1C)CC2.Cl.Cl. The number of piperidine rings is 2. The Balaban J connectivity index is 0.00000294. The lowest BCUT2D eigenvalue weighted by atomic mass is 9.80. The topological polar surface area (TPSA) is 108 Å². The number of hydrogen-bond acceptors (Lipinski definition) is 6. The molecule has 10 nitrogen and oxygen atoms in total. The number of aromatic nitrogens is 2. The van der Waals surface area contributed by atoms with E-state index in [0.29, 0.717) is 44.8 Å². The van der Waals surface area contributed by atoms with Gasteiger partial charge in [0.2, 0.25) is 21.8 Å². The Morgan fingerprint density at radius 2 is 1.66 bits per heavy atom. The van der Waals surface area contributed by atoms with Crippen molar-refractivity contribution in [2.75, 3.05) is 39.0 Å². The van der Waals surface area contributed by atoms with E-state index >= 15 is 0 Å². The van der Waals surface area contributed by atoms with Crippen molar-refractivity contribution in [1.82, 2.24) is 29.2 Å². The van der Waals surface area contributed by atoms with Gasteiger partial charge in [0.25, 0.3) is 0 Å². The molecule has 0 aromatic carbocycles. The van der Waals surface area contributed by atoms with Crippen molar-refractivity contribution in [2.24, 2.45) is 5.92 Å². The Morgan fingerprint density at radius 3 is 2.20 bits per heavy atom. The van der Waals surface area contributed by atoms with Crippen molar-refractivity contribution in [1.29, 1.82) is 0 Å². The van der Waals surface area contributed by atoms with E-state index in [1.165, 1.54) is 11.8 Å². The first-order chi connectivity index (χ1) is 18.4. The molecule has 0 bridgehead atoms. The molecule has 1 aromatic heterocycles. The minimum absolute atomic E-state index is 0. The highest BCUT2D eigenvalue weighted by molar-refractivity contribution is 7.88. The number of amides is 2. The maximum absolute atomic E-state index is 13.5. The second kappa shape index (κ2) is 14.4. The maximum atomic E-state index is 13.5. The van der Waals surface area contributed by atoms with Gasteiger partial charge in [-0.2, -0.15) is 5.10 Å². The third-order valence-electron chi connectivity index (χ3n) is 9.03. The smallest absolute Gasteiger partial charge is 0.246 e. The predicted octanol–water partition coefficient (Wildman–Crippen LogP) is 3.45. The Hall–Kier alpha value is -1.40. The standard InChI is InChI=1S/C28H48N6O4S.2ClH/c1-7-8-13-33-26(35)25(18-20(2)3)29-27(36)28(33)11-16-31(17-12-28)19-24-21(4)30-34(22(24)5)23-9-14-32(15-10-23)39(6,37)38;;/h20,23,25H,7-19H2,1-6H3,(H,29,36);2*1H/t25-;;/m0../s1. The van der Waals surface area contributed by atoms with Gasteiger partial charge in [0.05, 0.1) is 18.0 Å². The van der Waals surface area contributed by atoms with Crippen LogP contribution >= 0.6 is 24.8 Å². The molecule has 41 heavy (non-hydrogen) atoms. The fraction of sp³-hybridized carbons (Fsp3) is 0.821. The first-order valence-corrected chi connectivity index (χ1v) is 16.6. The summed E-state index contributed by atoms with van der Waals surface area (Å²) in [6.07, 6.45) is 6.63. The van der Waals surface area contributed by atoms with Gasteiger partial charge in [-0.15, -0.1) is 24.8 Å². The van der Waals surface area contributed by atoms with Gasteiger partial charge in [-0.1, -0.05) is 27.2 Å². The van der Waals surface area contributed by atoms with E-state index in [1.807, 2.05) is 11.8 Å². The van der Waals surface area contributed by atoms with Gasteiger partial charge in [-0.05, 0) is 58.3 Å². The Kier molecular flexibility index (Phi) is 12.6. The highest BCUT2D eigenvalue weighted by Gasteiger charge is 2.53. The summed E-state index contributed by atoms with van der Waals surface area (Å²) in [6.45, 7) is 14.4. The molecular weight excluding hydrogens is 587 g/mol. The van der Waals surface area contributed by atoms with Crippen LogP contribution in [0.3, 0.4) is 0 Å². The number of carbonyl (C=O) groups excluding carboxylic acids is 2. The minimum Gasteiger partial charge on any atom is -0.342 e. The molecule has 2 amide bonds. The quantitative estimate of drug-likeness (QED) is 0.445. The zero-order valence-corrected chi connectivity index (χ0v) is 28.0. The molecule has 0 saturated carbocycles. The maximum Gasteiger partial charge on any atom is 0.246 e. The van der Waals surface area contributed by atoms with Crippen molar-refractivity contribution < 1.29 is 18.0 Å². The van der Waals surface area contributed by atoms with Crippen LogP contribution in [0.5, 0.6) is 0 Å². The molecule has 3 fully saturated rings. The molecular formula is C28H50Cl2N6O4S. The number of piperazine rings is 1. The Bertz CT molecular complexity index is 1160. The first-order valence-electron chi connectivity index (χ1n) is 14.7. The molecule has 1 N–H and O–H groups in total. The van der Waals surface area contributed by atoms with Gasteiger partial charge in [0.15, 0.2) is 0 Å². The predicted molar refractivity (Wildman–Crippen MR) is 166 cm³/mol. The number of carbonyl (C=O) groups is 2. The molecule has 3 aliphatic rings. The van der Waals surface area contributed by atoms with Crippen LogP contribution < -0.4 is 5.32 Å². The van der Waals surface area contributed by atoms with E-state index in [4.69, 9.17) is 5.10 Å². The van der Waals surface area contributed by atoms with E-state index in [2.05, 4.69) is 42.6 Å². The van der Waals surface area contributed by atoms with Crippen LogP contribution in [0.2, 0.25) is 0 Å². The third kappa shape index (κ3) is 7.58. The summed E-state index contributed by atoms with van der Waals surface area (Å²) in [6, 6.07) is -0.221. The Labute approximate surface area is 258 Å². The number of nitrogens with one attached hydrogen (secondary N) is 1. The van der Waals surface area contributed by atoms with Crippen LogP contribution in [-0.4, -0.2) is 94.7 Å². The van der Waals surface area contributed by atoms with Crippen molar-refractivity contribution in [2.45, 2.75) is 104 Å². The highest BCUT2D eigenvalue weighted by Crippen LogP contribution is 2.35. The number of unbranched alkanes of at least 4 members (excludes halogenated alkanes) is 1. The average molecular weight is 638 g/mol. The van der Waals surface area contributed by atoms with Crippen LogP contribution in [0.4, 0.5) is 0 Å². The van der Waals surface area contributed by atoms with Gasteiger partial charge >= 0.3 is 0 Å². The summed E-state index contributed by atoms with van der Waals surface area (Å²) in [7, 11) is -3.16. The second-order valence-corrected chi connectivity index (χ2v) is 14.3. The summed E-state index contributed by atoms with van der Waals surface area (Å²) in [5.41, 5.74) is 2.60. The number of nitrogens with zero attached hydrogens (tertiary/aromatic N) is 5. The summed E-state index contributed by atoms with van der Waals surface area (Å²) >= 11 is 0. The van der Waals surface area contributed by atoms with Gasteiger partial charge in [-0.3, -0.25) is 19.2 Å². The van der Waals surface area contributed by atoms with Gasteiger partial charge < -0.3 is 10.2 Å². The summed E-state index contributed by atoms with van der Waals surface area (Å²) in [5, 5.41) is 7.97. The van der Waals surface area contributed by atoms with Crippen molar-refractivity contribution in [3.8, 4) is 0 Å². The molecule has 4 heterocycles. The van der Waals surface area contributed by atoms with Crippen molar-refractivity contribution in [3.63, 3.8) is 0 Å². The lowest BCUT2D eigenvalue weighted by molar-refractivity contribution is -0.161. The van der Waals surface area contributed by atoms with Gasteiger partial charge in [0.1, 0.15) is 11.6 Å². The largest absolute Gasteiger partial charge is 0.342 e. The Morgan fingerprint density at radius 1 is 1.05 bits per heavy atom. The van der Waals surface area contributed by atoms with Crippen LogP contribution in [-0.2, 0) is 26.2 Å². The second-order valence-electron chi connectivity index (χ2n) is 12.3. The first kappa shape index (κ1) is 35.8. The van der Waals surface area contributed by atoms with Gasteiger partial charge in [0, 0.05) is 50.5 Å². The fourth-order valence-corrected chi connectivity index (χ4v) is 7.52. The van der Waals surface area contributed by atoms with E-state index in [0.717, 1.165) is 56.7 Å². The summed E-state index contributed by atoms with van der Waals surface area (Å²) < 4.78 is 27.5. The van der Waals surface area contributed by atoms with Crippen LogP contribution in [0.15, 0.2) is 0 Å². The molecule has 0 aliphatic carbocycles. The summed E-state index contributed by atoms with van der Waals surface area (Å²) in [4.78, 5) is 31.4. The zero-order chi connectivity index (χ0) is 28.5. The van der Waals surface area contributed by atoms with Crippen molar-refractivity contribution in [3.05, 3.63) is 17.0 Å². The van der Waals surface area contributed by atoms with Crippen LogP contribution in [0, 0.1) is 19.8 Å². The molecule has 3 saturated heterocycles. The number of hydrogen-bond donors (Lipinski definition) is 1. The van der Waals surface area contributed by atoms with Crippen LogP contribution in [0.25, 0.3) is 0 Å². The molecule has 1 spiro atoms.